The van der Waals surface area contributed by atoms with Gasteiger partial charge in [-0.15, -0.1) is 0 Å². The average molecular weight is 173 g/mol. The minimum atomic E-state index is -1.25. The highest BCUT2D eigenvalue weighted by Gasteiger charge is 2.27. The van der Waals surface area contributed by atoms with Crippen molar-refractivity contribution in [3.8, 4) is 0 Å². The van der Waals surface area contributed by atoms with Crippen molar-refractivity contribution < 1.29 is 9.90 Å². The van der Waals surface area contributed by atoms with Crippen molar-refractivity contribution in [2.45, 2.75) is 33.3 Å². The van der Waals surface area contributed by atoms with Gasteiger partial charge in [-0.1, -0.05) is 13.8 Å². The molecule has 1 amide bonds. The molecule has 1 N–H and O–H groups in total. The highest BCUT2D eigenvalue weighted by Crippen LogP contribution is 2.07. The molecule has 0 saturated carbocycles. The van der Waals surface area contributed by atoms with E-state index >= 15 is 0 Å². The Bertz CT molecular complexity index is 158. The normalized spacial score (nSPS) is 11.9. The van der Waals surface area contributed by atoms with Crippen LogP contribution in [0.4, 0.5) is 0 Å². The SMILES string of the molecule is CC(C)CN(C)C(=O)C(C)(C)O. The lowest BCUT2D eigenvalue weighted by Gasteiger charge is -2.26. The predicted octanol–water partition coefficient (Wildman–Crippen LogP) is 0.872. The van der Waals surface area contributed by atoms with E-state index < -0.39 is 5.60 Å². The maximum Gasteiger partial charge on any atom is 0.253 e. The Kier molecular flexibility index (Phi) is 3.71. The lowest BCUT2D eigenvalue weighted by molar-refractivity contribution is -0.146. The first-order valence-electron chi connectivity index (χ1n) is 4.23. The summed E-state index contributed by atoms with van der Waals surface area (Å²) in [6, 6.07) is 0. The molecule has 3 heteroatoms. The molecule has 0 spiro atoms. The number of nitrogens with zero attached hydrogens (tertiary/aromatic N) is 1. The number of aliphatic hydroxyl groups is 1. The van der Waals surface area contributed by atoms with Gasteiger partial charge in [0.25, 0.3) is 5.91 Å². The summed E-state index contributed by atoms with van der Waals surface area (Å²) in [6.45, 7) is 7.77. The lowest BCUT2D eigenvalue weighted by Crippen LogP contribution is -2.44. The Morgan fingerprint density at radius 1 is 1.50 bits per heavy atom. The summed E-state index contributed by atoms with van der Waals surface area (Å²) in [4.78, 5) is 12.9. The zero-order valence-corrected chi connectivity index (χ0v) is 8.59. The van der Waals surface area contributed by atoms with Gasteiger partial charge in [-0.25, -0.2) is 0 Å². The molecular formula is C9H19NO2. The molecule has 0 rings (SSSR count). The molecule has 0 unspecified atom stereocenters. The Hall–Kier alpha value is -0.570. The zero-order chi connectivity index (χ0) is 9.94. The minimum Gasteiger partial charge on any atom is -0.381 e. The van der Waals surface area contributed by atoms with Crippen LogP contribution in [-0.4, -0.2) is 35.1 Å². The van der Waals surface area contributed by atoms with Gasteiger partial charge in [0.2, 0.25) is 0 Å². The molecule has 0 aromatic heterocycles. The number of likely N-dealkylation sites (N-methyl/N-ethyl adjacent to an activating group) is 1. The molecule has 0 atom stereocenters. The third kappa shape index (κ3) is 3.72. The summed E-state index contributed by atoms with van der Waals surface area (Å²) < 4.78 is 0. The van der Waals surface area contributed by atoms with Crippen molar-refractivity contribution in [3.05, 3.63) is 0 Å². The lowest BCUT2D eigenvalue weighted by atomic mass is 10.1. The third-order valence-electron chi connectivity index (χ3n) is 1.51. The van der Waals surface area contributed by atoms with Crippen molar-refractivity contribution in [1.29, 1.82) is 0 Å². The summed E-state index contributed by atoms with van der Waals surface area (Å²) in [5.74, 6) is 0.206. The van der Waals surface area contributed by atoms with Gasteiger partial charge in [-0.2, -0.15) is 0 Å². The second-order valence-electron chi connectivity index (χ2n) is 4.14. The maximum absolute atomic E-state index is 11.4. The fourth-order valence-electron chi connectivity index (χ4n) is 1.10. The molecule has 12 heavy (non-hydrogen) atoms. The van der Waals surface area contributed by atoms with Crippen LogP contribution in [0.15, 0.2) is 0 Å². The van der Waals surface area contributed by atoms with Crippen molar-refractivity contribution in [2.24, 2.45) is 5.92 Å². The van der Waals surface area contributed by atoms with Gasteiger partial charge in [0.05, 0.1) is 0 Å². The van der Waals surface area contributed by atoms with Gasteiger partial charge >= 0.3 is 0 Å². The topological polar surface area (TPSA) is 40.5 Å². The second-order valence-corrected chi connectivity index (χ2v) is 4.14. The molecule has 0 radical (unpaired) electrons. The predicted molar refractivity (Wildman–Crippen MR) is 48.8 cm³/mol. The van der Waals surface area contributed by atoms with Gasteiger partial charge < -0.3 is 10.0 Å². The van der Waals surface area contributed by atoms with E-state index in [9.17, 15) is 9.90 Å². The van der Waals surface area contributed by atoms with Crippen LogP contribution < -0.4 is 0 Å². The smallest absolute Gasteiger partial charge is 0.253 e. The van der Waals surface area contributed by atoms with Crippen LogP contribution in [0.3, 0.4) is 0 Å². The van der Waals surface area contributed by atoms with E-state index in [0.717, 1.165) is 0 Å². The van der Waals surface area contributed by atoms with Crippen LogP contribution in [0.1, 0.15) is 27.7 Å². The number of carbonyl (C=O) groups excluding carboxylic acids is 1. The van der Waals surface area contributed by atoms with E-state index in [1.54, 1.807) is 11.9 Å². The summed E-state index contributed by atoms with van der Waals surface area (Å²) in [5.41, 5.74) is -1.25. The van der Waals surface area contributed by atoms with Crippen LogP contribution in [-0.2, 0) is 4.79 Å². The summed E-state index contributed by atoms with van der Waals surface area (Å²) in [6.07, 6.45) is 0. The van der Waals surface area contributed by atoms with Crippen molar-refractivity contribution in [3.63, 3.8) is 0 Å². The Morgan fingerprint density at radius 3 is 2.17 bits per heavy atom. The quantitative estimate of drug-likeness (QED) is 0.688. The molecule has 0 aromatic carbocycles. The molecule has 72 valence electrons. The first-order chi connectivity index (χ1) is 5.25. The van der Waals surface area contributed by atoms with Crippen molar-refractivity contribution >= 4 is 5.91 Å². The van der Waals surface area contributed by atoms with Crippen LogP contribution >= 0.6 is 0 Å². The molecule has 0 fully saturated rings. The van der Waals surface area contributed by atoms with E-state index in [4.69, 9.17) is 0 Å². The molecule has 0 aliphatic carbocycles. The summed E-state index contributed by atoms with van der Waals surface area (Å²) >= 11 is 0. The van der Waals surface area contributed by atoms with Gasteiger partial charge in [0.1, 0.15) is 5.60 Å². The van der Waals surface area contributed by atoms with E-state index in [2.05, 4.69) is 0 Å². The minimum absolute atomic E-state index is 0.226. The van der Waals surface area contributed by atoms with Crippen LogP contribution in [0.25, 0.3) is 0 Å². The highest BCUT2D eigenvalue weighted by atomic mass is 16.3. The number of hydrogen-bond donors (Lipinski definition) is 1. The molecular weight excluding hydrogens is 154 g/mol. The van der Waals surface area contributed by atoms with Crippen LogP contribution in [0.2, 0.25) is 0 Å². The Labute approximate surface area is 74.4 Å². The average Bonchev–Trinajstić information content (AvgIpc) is 1.82. The van der Waals surface area contributed by atoms with Crippen LogP contribution in [0.5, 0.6) is 0 Å². The number of carbonyl (C=O) groups is 1. The highest BCUT2D eigenvalue weighted by molar-refractivity contribution is 5.83. The van der Waals surface area contributed by atoms with E-state index in [0.29, 0.717) is 12.5 Å². The molecule has 0 heterocycles. The van der Waals surface area contributed by atoms with E-state index in [1.807, 2.05) is 13.8 Å². The molecule has 3 nitrogen and oxygen atoms in total. The second kappa shape index (κ2) is 3.90. The summed E-state index contributed by atoms with van der Waals surface area (Å²) in [7, 11) is 1.71. The maximum atomic E-state index is 11.4. The molecule has 0 bridgehead atoms. The Morgan fingerprint density at radius 2 is 1.92 bits per heavy atom. The third-order valence-corrected chi connectivity index (χ3v) is 1.51. The molecule has 0 aliphatic rings. The summed E-state index contributed by atoms with van der Waals surface area (Å²) in [5, 5.41) is 9.38. The number of hydrogen-bond acceptors (Lipinski definition) is 2. The van der Waals surface area contributed by atoms with Gasteiger partial charge in [-0.3, -0.25) is 4.79 Å². The Balaban J connectivity index is 4.12. The number of rotatable bonds is 3. The standard InChI is InChI=1S/C9H19NO2/c1-7(2)6-10(5)8(11)9(3,4)12/h7,12H,6H2,1-5H3. The van der Waals surface area contributed by atoms with Crippen molar-refractivity contribution in [1.82, 2.24) is 4.90 Å². The van der Waals surface area contributed by atoms with Crippen molar-refractivity contribution in [2.75, 3.05) is 13.6 Å². The monoisotopic (exact) mass is 173 g/mol. The first kappa shape index (κ1) is 11.4. The first-order valence-corrected chi connectivity index (χ1v) is 4.23. The molecule has 0 saturated heterocycles. The van der Waals surface area contributed by atoms with Crippen LogP contribution in [0, 0.1) is 5.92 Å². The fraction of sp³-hybridized carbons (Fsp3) is 0.889. The largest absolute Gasteiger partial charge is 0.381 e. The van der Waals surface area contributed by atoms with Gasteiger partial charge in [0, 0.05) is 13.6 Å². The van der Waals surface area contributed by atoms with Gasteiger partial charge in [-0.05, 0) is 19.8 Å². The fourth-order valence-corrected chi connectivity index (χ4v) is 1.10. The van der Waals surface area contributed by atoms with Gasteiger partial charge in [0.15, 0.2) is 0 Å². The molecule has 0 aromatic rings. The zero-order valence-electron chi connectivity index (χ0n) is 8.59. The van der Waals surface area contributed by atoms with E-state index in [-0.39, 0.29) is 5.91 Å². The molecule has 0 aliphatic heterocycles. The van der Waals surface area contributed by atoms with E-state index in [1.165, 1.54) is 13.8 Å². The number of amides is 1.